The van der Waals surface area contributed by atoms with Crippen molar-refractivity contribution in [3.63, 3.8) is 0 Å². The summed E-state index contributed by atoms with van der Waals surface area (Å²) in [6, 6.07) is 17.0. The number of fused-ring (bicyclic) bond motifs is 4. The van der Waals surface area contributed by atoms with Gasteiger partial charge < -0.3 is 5.32 Å². The molecule has 5 rings (SSSR count). The first-order valence-electron chi connectivity index (χ1n) is 10.5. The molecule has 0 aromatic heterocycles. The molecule has 2 saturated heterocycles. The highest BCUT2D eigenvalue weighted by Gasteiger charge is 2.70. The summed E-state index contributed by atoms with van der Waals surface area (Å²) < 4.78 is 0. The van der Waals surface area contributed by atoms with E-state index in [9.17, 15) is 14.4 Å². The molecule has 3 amide bonds. The summed E-state index contributed by atoms with van der Waals surface area (Å²) >= 11 is 0. The summed E-state index contributed by atoms with van der Waals surface area (Å²) in [5, 5.41) is 6.38. The summed E-state index contributed by atoms with van der Waals surface area (Å²) in [5.41, 5.74) is 1.36. The van der Waals surface area contributed by atoms with E-state index >= 15 is 0 Å². The first kappa shape index (κ1) is 19.0. The first-order valence-corrected chi connectivity index (χ1v) is 10.5. The molecular formula is C24H25N3O3. The van der Waals surface area contributed by atoms with Crippen LogP contribution in [0.3, 0.4) is 0 Å². The van der Waals surface area contributed by atoms with Crippen LogP contribution in [0, 0.1) is 17.8 Å². The number of likely N-dealkylation sites (tertiary alicyclic amines) is 1. The number of imide groups is 1. The maximum atomic E-state index is 13.6. The van der Waals surface area contributed by atoms with Gasteiger partial charge in [-0.1, -0.05) is 62.4 Å². The van der Waals surface area contributed by atoms with Crippen LogP contribution in [0.1, 0.15) is 25.0 Å². The SMILES string of the molecule is CC(C)[C@H]1N[C@@]2(C(=O)Nc3ccccc32)[C@@H]2C(=O)N(CCc3ccccc3)C(=O)[C@@H]12. The lowest BCUT2D eigenvalue weighted by molar-refractivity contribution is -0.142. The van der Waals surface area contributed by atoms with Crippen LogP contribution in [-0.4, -0.2) is 35.2 Å². The minimum Gasteiger partial charge on any atom is -0.324 e. The number of hydrogen-bond acceptors (Lipinski definition) is 4. The third kappa shape index (κ3) is 2.50. The predicted molar refractivity (Wildman–Crippen MR) is 112 cm³/mol. The van der Waals surface area contributed by atoms with Crippen molar-refractivity contribution in [2.24, 2.45) is 17.8 Å². The van der Waals surface area contributed by atoms with Crippen LogP contribution in [-0.2, 0) is 26.3 Å². The van der Waals surface area contributed by atoms with E-state index in [1.165, 1.54) is 4.90 Å². The second kappa shape index (κ2) is 6.77. The number of para-hydroxylation sites is 1. The summed E-state index contributed by atoms with van der Waals surface area (Å²) in [7, 11) is 0. The van der Waals surface area contributed by atoms with Gasteiger partial charge in [0.2, 0.25) is 17.7 Å². The van der Waals surface area contributed by atoms with Gasteiger partial charge >= 0.3 is 0 Å². The number of carbonyl (C=O) groups is 3. The summed E-state index contributed by atoms with van der Waals surface area (Å²) in [6.45, 7) is 4.38. The monoisotopic (exact) mass is 403 g/mol. The topological polar surface area (TPSA) is 78.5 Å². The Morgan fingerprint density at radius 1 is 0.967 bits per heavy atom. The van der Waals surface area contributed by atoms with Gasteiger partial charge in [-0.05, 0) is 24.0 Å². The zero-order valence-corrected chi connectivity index (χ0v) is 17.1. The fraction of sp³-hybridized carbons (Fsp3) is 0.375. The first-order chi connectivity index (χ1) is 14.4. The second-order valence-corrected chi connectivity index (χ2v) is 8.79. The number of amides is 3. The van der Waals surface area contributed by atoms with Gasteiger partial charge in [0.05, 0.1) is 11.8 Å². The van der Waals surface area contributed by atoms with Crippen LogP contribution in [0.15, 0.2) is 54.6 Å². The Kier molecular flexibility index (Phi) is 4.29. The van der Waals surface area contributed by atoms with E-state index in [1.54, 1.807) is 0 Å². The molecule has 0 saturated carbocycles. The average molecular weight is 403 g/mol. The molecule has 2 N–H and O–H groups in total. The normalized spacial score (nSPS) is 29.6. The van der Waals surface area contributed by atoms with Crippen LogP contribution >= 0.6 is 0 Å². The minimum absolute atomic E-state index is 0.100. The zero-order chi connectivity index (χ0) is 21.0. The second-order valence-electron chi connectivity index (χ2n) is 8.79. The molecule has 3 aliphatic heterocycles. The van der Waals surface area contributed by atoms with E-state index < -0.39 is 17.4 Å². The van der Waals surface area contributed by atoms with Crippen molar-refractivity contribution in [3.8, 4) is 0 Å². The highest BCUT2D eigenvalue weighted by atomic mass is 16.2. The van der Waals surface area contributed by atoms with E-state index in [1.807, 2.05) is 68.4 Å². The summed E-state index contributed by atoms with van der Waals surface area (Å²) in [4.78, 5) is 41.6. The number of hydrogen-bond donors (Lipinski definition) is 2. The molecule has 3 heterocycles. The van der Waals surface area contributed by atoms with Crippen LogP contribution in [0.25, 0.3) is 0 Å². The van der Waals surface area contributed by atoms with Crippen molar-refractivity contribution in [2.45, 2.75) is 31.8 Å². The summed E-state index contributed by atoms with van der Waals surface area (Å²) in [5.74, 6) is -1.82. The lowest BCUT2D eigenvalue weighted by Gasteiger charge is -2.30. The Morgan fingerprint density at radius 2 is 1.67 bits per heavy atom. The highest BCUT2D eigenvalue weighted by Crippen LogP contribution is 2.53. The molecule has 2 fully saturated rings. The number of anilines is 1. The molecule has 6 nitrogen and oxygen atoms in total. The van der Waals surface area contributed by atoms with E-state index in [0.29, 0.717) is 18.7 Å². The molecule has 6 heteroatoms. The van der Waals surface area contributed by atoms with Crippen LogP contribution in [0.5, 0.6) is 0 Å². The predicted octanol–water partition coefficient (Wildman–Crippen LogP) is 2.31. The number of carbonyl (C=O) groups excluding carboxylic acids is 3. The number of benzene rings is 2. The van der Waals surface area contributed by atoms with Crippen molar-refractivity contribution in [1.82, 2.24) is 10.2 Å². The van der Waals surface area contributed by atoms with Gasteiger partial charge in [0, 0.05) is 23.8 Å². The molecule has 0 bridgehead atoms. The van der Waals surface area contributed by atoms with E-state index in [0.717, 1.165) is 11.1 Å². The third-order valence-corrected chi connectivity index (χ3v) is 6.83. The smallest absolute Gasteiger partial charge is 0.250 e. The summed E-state index contributed by atoms with van der Waals surface area (Å²) in [6.07, 6.45) is 0.604. The van der Waals surface area contributed by atoms with Gasteiger partial charge in [0.1, 0.15) is 5.54 Å². The Balaban J connectivity index is 1.54. The van der Waals surface area contributed by atoms with Crippen molar-refractivity contribution in [3.05, 3.63) is 65.7 Å². The standard InChI is InChI=1S/C24H25N3O3/c1-14(2)20-18-19(24(26-20)16-10-6-7-11-17(16)25-23(24)30)22(29)27(21(18)28)13-12-15-8-4-3-5-9-15/h3-11,14,18-20,26H,12-13H2,1-2H3,(H,25,30)/t18-,19+,20-,24-/m1/s1. The fourth-order valence-corrected chi connectivity index (χ4v) is 5.43. The molecule has 3 aliphatic rings. The van der Waals surface area contributed by atoms with Crippen LogP contribution in [0.2, 0.25) is 0 Å². The molecule has 30 heavy (non-hydrogen) atoms. The highest BCUT2D eigenvalue weighted by molar-refractivity contribution is 6.15. The molecule has 1 spiro atoms. The Hall–Kier alpha value is -2.99. The van der Waals surface area contributed by atoms with Gasteiger partial charge in [-0.25, -0.2) is 0 Å². The van der Waals surface area contributed by atoms with Crippen LogP contribution in [0.4, 0.5) is 5.69 Å². The van der Waals surface area contributed by atoms with E-state index in [2.05, 4.69) is 10.6 Å². The number of rotatable bonds is 4. The lowest BCUT2D eigenvalue weighted by atomic mass is 9.76. The van der Waals surface area contributed by atoms with Gasteiger partial charge in [-0.15, -0.1) is 0 Å². The minimum atomic E-state index is -1.19. The van der Waals surface area contributed by atoms with Crippen molar-refractivity contribution >= 4 is 23.4 Å². The Labute approximate surface area is 175 Å². The van der Waals surface area contributed by atoms with Crippen molar-refractivity contribution in [1.29, 1.82) is 0 Å². The number of nitrogens with zero attached hydrogens (tertiary/aromatic N) is 1. The molecule has 154 valence electrons. The maximum absolute atomic E-state index is 13.6. The van der Waals surface area contributed by atoms with Gasteiger partial charge in [-0.2, -0.15) is 0 Å². The average Bonchev–Trinajstić information content (AvgIpc) is 3.33. The Bertz CT molecular complexity index is 1040. The Morgan fingerprint density at radius 3 is 2.40 bits per heavy atom. The van der Waals surface area contributed by atoms with Gasteiger partial charge in [0.25, 0.3) is 0 Å². The third-order valence-electron chi connectivity index (χ3n) is 6.83. The molecule has 2 aromatic carbocycles. The largest absolute Gasteiger partial charge is 0.324 e. The molecule has 0 radical (unpaired) electrons. The quantitative estimate of drug-likeness (QED) is 0.768. The maximum Gasteiger partial charge on any atom is 0.250 e. The van der Waals surface area contributed by atoms with Crippen molar-refractivity contribution < 1.29 is 14.4 Å². The molecule has 4 atom stereocenters. The molecule has 2 aromatic rings. The van der Waals surface area contributed by atoms with Crippen molar-refractivity contribution in [2.75, 3.05) is 11.9 Å². The lowest BCUT2D eigenvalue weighted by Crippen LogP contribution is -2.54. The van der Waals surface area contributed by atoms with Gasteiger partial charge in [-0.3, -0.25) is 24.6 Å². The van der Waals surface area contributed by atoms with Gasteiger partial charge in [0.15, 0.2) is 0 Å². The van der Waals surface area contributed by atoms with E-state index in [-0.39, 0.29) is 29.7 Å². The fourth-order valence-electron chi connectivity index (χ4n) is 5.43. The molecule has 0 aliphatic carbocycles. The van der Waals surface area contributed by atoms with Crippen LogP contribution < -0.4 is 10.6 Å². The van der Waals surface area contributed by atoms with E-state index in [4.69, 9.17) is 0 Å². The molecular weight excluding hydrogens is 378 g/mol. The molecule has 0 unspecified atom stereocenters. The zero-order valence-electron chi connectivity index (χ0n) is 17.1. The number of nitrogens with one attached hydrogen (secondary N) is 2.